The molecule has 0 N–H and O–H groups in total. The van der Waals surface area contributed by atoms with Crippen molar-refractivity contribution in [3.63, 3.8) is 0 Å². The fourth-order valence-corrected chi connectivity index (χ4v) is 1.40. The van der Waals surface area contributed by atoms with Gasteiger partial charge in [-0.2, -0.15) is 0 Å². The van der Waals surface area contributed by atoms with Crippen LogP contribution in [-0.4, -0.2) is 12.5 Å². The molecular weight excluding hydrogens is 172 g/mol. The minimum Gasteiger partial charge on any atom is -0.287 e. The maximum Gasteiger partial charge on any atom is 0.253 e. The predicted molar refractivity (Wildman–Crippen MR) is 51.7 cm³/mol. The van der Waals surface area contributed by atoms with E-state index in [1.54, 1.807) is 12.5 Å². The van der Waals surface area contributed by atoms with Crippen LogP contribution in [0.2, 0.25) is 0 Å². The van der Waals surface area contributed by atoms with E-state index >= 15 is 0 Å². The fourth-order valence-electron chi connectivity index (χ4n) is 0.826. The van der Waals surface area contributed by atoms with Crippen molar-refractivity contribution in [1.29, 1.82) is 0 Å². The van der Waals surface area contributed by atoms with E-state index in [0.29, 0.717) is 5.75 Å². The third-order valence-electron chi connectivity index (χ3n) is 1.32. The summed E-state index contributed by atoms with van der Waals surface area (Å²) in [6.07, 6.45) is 3.15. The first-order chi connectivity index (χ1) is 5.47. The second-order valence-electron chi connectivity index (χ2n) is 3.04. The highest BCUT2D eigenvalue weighted by Crippen LogP contribution is 2.14. The van der Waals surface area contributed by atoms with Gasteiger partial charge in [-0.1, -0.05) is 21.9 Å². The largest absolute Gasteiger partial charge is 0.287 e. The van der Waals surface area contributed by atoms with E-state index in [4.69, 9.17) is 4.18 Å². The molecule has 1 aromatic carbocycles. The van der Waals surface area contributed by atoms with Crippen LogP contribution in [0.5, 0.6) is 5.75 Å². The normalized spacial score (nSPS) is 11.2. The van der Waals surface area contributed by atoms with Crippen LogP contribution in [0.15, 0.2) is 24.3 Å². The molecule has 12 heavy (non-hydrogen) atoms. The highest BCUT2D eigenvalue weighted by molar-refractivity contribution is 7.97. The van der Waals surface area contributed by atoms with E-state index in [9.17, 15) is 4.21 Å². The van der Waals surface area contributed by atoms with E-state index in [2.05, 4.69) is 0 Å². The summed E-state index contributed by atoms with van der Waals surface area (Å²) < 4.78 is 16.4. The summed E-state index contributed by atoms with van der Waals surface area (Å²) in [6, 6.07) is 7.50. The van der Waals surface area contributed by atoms with E-state index in [-0.39, 0.29) is 0 Å². The minimum absolute atomic E-state index is 0.663. The van der Waals surface area contributed by atoms with Gasteiger partial charge < -0.3 is 0 Å². The predicted octanol–water partition coefficient (Wildman–Crippen LogP) is 2.05. The monoisotopic (exact) mass is 185 g/mol. The third kappa shape index (κ3) is 3.05. The lowest BCUT2D eigenvalue weighted by atomic mass is 10.2. The molecule has 1 aromatic rings. The maximum atomic E-state index is 11.2. The first kappa shape index (κ1) is 9.26. The molecular formula is C9H13O2S+. The Labute approximate surface area is 74.2 Å². The van der Waals surface area contributed by atoms with Crippen molar-refractivity contribution < 1.29 is 8.39 Å². The number of hydrogen-bond donors (Lipinski definition) is 0. The molecule has 66 valence electrons. The Kier molecular flexibility index (Phi) is 2.52. The van der Waals surface area contributed by atoms with E-state index in [1.807, 2.05) is 31.2 Å². The van der Waals surface area contributed by atoms with Crippen molar-refractivity contribution in [1.82, 2.24) is 0 Å². The quantitative estimate of drug-likeness (QED) is 0.659. The highest BCUT2D eigenvalue weighted by atomic mass is 32.3. The topological polar surface area (TPSA) is 26.3 Å². The molecule has 0 fully saturated rings. The average Bonchev–Trinajstić information content (AvgIpc) is 1.91. The Balaban J connectivity index is 2.78. The van der Waals surface area contributed by atoms with Crippen LogP contribution in [-0.2, 0) is 14.4 Å². The standard InChI is InChI=1S/C9H13O2S/c1-8-4-6-9(7-5-8)11-12(2,3)10/h4-7H,1-3H3/q+1. The molecule has 0 atom stereocenters. The summed E-state index contributed by atoms with van der Waals surface area (Å²) >= 11 is 0. The van der Waals surface area contributed by atoms with Crippen LogP contribution >= 0.6 is 0 Å². The Bertz CT molecular complexity index is 297. The summed E-state index contributed by atoms with van der Waals surface area (Å²) in [6.45, 7) is 2.00. The van der Waals surface area contributed by atoms with Crippen LogP contribution in [0.4, 0.5) is 0 Å². The molecule has 0 aromatic heterocycles. The number of hydrogen-bond acceptors (Lipinski definition) is 2. The SMILES string of the molecule is Cc1ccc(O[S+](C)(C)=O)cc1. The zero-order chi connectivity index (χ0) is 9.19. The zero-order valence-corrected chi connectivity index (χ0v) is 8.35. The maximum absolute atomic E-state index is 11.2. The van der Waals surface area contributed by atoms with E-state index in [0.717, 1.165) is 0 Å². The Morgan fingerprint density at radius 1 is 1.17 bits per heavy atom. The van der Waals surface area contributed by atoms with Crippen LogP contribution in [0.3, 0.4) is 0 Å². The van der Waals surface area contributed by atoms with Gasteiger partial charge in [0, 0.05) is 0 Å². The molecule has 0 aliphatic carbocycles. The van der Waals surface area contributed by atoms with Crippen LogP contribution in [0.1, 0.15) is 5.56 Å². The molecule has 0 spiro atoms. The van der Waals surface area contributed by atoms with Gasteiger partial charge in [-0.25, -0.2) is 0 Å². The van der Waals surface area contributed by atoms with E-state index in [1.165, 1.54) is 5.56 Å². The summed E-state index contributed by atoms with van der Waals surface area (Å²) in [5.41, 5.74) is 1.17. The summed E-state index contributed by atoms with van der Waals surface area (Å²) in [5, 5.41) is 0. The lowest BCUT2D eigenvalue weighted by Gasteiger charge is -2.02. The second kappa shape index (κ2) is 3.27. The molecule has 2 nitrogen and oxygen atoms in total. The van der Waals surface area contributed by atoms with Crippen molar-refractivity contribution in [3.05, 3.63) is 29.8 Å². The molecule has 0 heterocycles. The van der Waals surface area contributed by atoms with Gasteiger partial charge in [-0.15, -0.1) is 0 Å². The molecule has 0 bridgehead atoms. The van der Waals surface area contributed by atoms with Crippen molar-refractivity contribution in [2.75, 3.05) is 12.5 Å². The first-order valence-electron chi connectivity index (χ1n) is 3.68. The molecule has 0 saturated carbocycles. The molecule has 1 rings (SSSR count). The smallest absolute Gasteiger partial charge is 0.253 e. The van der Waals surface area contributed by atoms with Gasteiger partial charge in [-0.3, -0.25) is 4.18 Å². The summed E-state index contributed by atoms with van der Waals surface area (Å²) in [5.74, 6) is 0.663. The third-order valence-corrected chi connectivity index (χ3v) is 1.91. The zero-order valence-electron chi connectivity index (χ0n) is 7.53. The van der Waals surface area contributed by atoms with Crippen molar-refractivity contribution in [3.8, 4) is 5.75 Å². The van der Waals surface area contributed by atoms with Gasteiger partial charge >= 0.3 is 0 Å². The minimum atomic E-state index is -2.14. The average molecular weight is 185 g/mol. The van der Waals surface area contributed by atoms with Crippen molar-refractivity contribution >= 4 is 10.2 Å². The molecule has 0 amide bonds. The molecule has 3 heteroatoms. The van der Waals surface area contributed by atoms with Crippen LogP contribution < -0.4 is 4.18 Å². The Hall–Kier alpha value is -0.830. The number of rotatable bonds is 2. The van der Waals surface area contributed by atoms with Crippen LogP contribution in [0.25, 0.3) is 0 Å². The molecule has 0 aliphatic heterocycles. The Morgan fingerprint density at radius 2 is 1.67 bits per heavy atom. The van der Waals surface area contributed by atoms with Gasteiger partial charge in [0.25, 0.3) is 10.2 Å². The highest BCUT2D eigenvalue weighted by Gasteiger charge is 2.14. The van der Waals surface area contributed by atoms with Crippen molar-refractivity contribution in [2.24, 2.45) is 0 Å². The molecule has 0 unspecified atom stereocenters. The second-order valence-corrected chi connectivity index (χ2v) is 5.49. The Morgan fingerprint density at radius 3 is 2.08 bits per heavy atom. The first-order valence-corrected chi connectivity index (χ1v) is 5.97. The fraction of sp³-hybridized carbons (Fsp3) is 0.333. The van der Waals surface area contributed by atoms with Gasteiger partial charge in [0.15, 0.2) is 5.75 Å². The lowest BCUT2D eigenvalue weighted by molar-refractivity contribution is 0.511. The number of benzene rings is 1. The van der Waals surface area contributed by atoms with Gasteiger partial charge in [-0.05, 0) is 19.1 Å². The molecule has 0 radical (unpaired) electrons. The lowest BCUT2D eigenvalue weighted by Crippen LogP contribution is -2.13. The van der Waals surface area contributed by atoms with Gasteiger partial charge in [0.1, 0.15) is 12.5 Å². The molecule has 0 aliphatic rings. The van der Waals surface area contributed by atoms with Gasteiger partial charge in [0.2, 0.25) is 0 Å². The van der Waals surface area contributed by atoms with Crippen molar-refractivity contribution in [2.45, 2.75) is 6.92 Å². The summed E-state index contributed by atoms with van der Waals surface area (Å²) in [7, 11) is -2.14. The van der Waals surface area contributed by atoms with E-state index < -0.39 is 10.2 Å². The number of aryl methyl sites for hydroxylation is 1. The van der Waals surface area contributed by atoms with Gasteiger partial charge in [0.05, 0.1) is 0 Å². The van der Waals surface area contributed by atoms with Crippen LogP contribution in [0, 0.1) is 6.92 Å². The summed E-state index contributed by atoms with van der Waals surface area (Å²) in [4.78, 5) is 0. The molecule has 0 saturated heterocycles.